The Hall–Kier alpha value is -2.70. The molecule has 7 heteroatoms. The van der Waals surface area contributed by atoms with E-state index in [4.69, 9.17) is 16.3 Å². The van der Waals surface area contributed by atoms with Crippen LogP contribution in [0.3, 0.4) is 0 Å². The first-order valence-corrected chi connectivity index (χ1v) is 8.73. The molecule has 2 aromatic carbocycles. The Bertz CT molecular complexity index is 927. The van der Waals surface area contributed by atoms with Crippen LogP contribution in [0.25, 0.3) is 5.69 Å². The van der Waals surface area contributed by atoms with Crippen molar-refractivity contribution in [1.82, 2.24) is 14.8 Å². The first kappa shape index (κ1) is 16.8. The number of nitrogens with zero attached hydrogens (tertiary/aromatic N) is 3. The van der Waals surface area contributed by atoms with E-state index in [1.807, 2.05) is 18.2 Å². The zero-order chi connectivity index (χ0) is 17.9. The maximum atomic E-state index is 12.6. The molecule has 0 aliphatic carbocycles. The molecular formula is C19H17ClN4O2. The number of rotatable bonds is 4. The minimum atomic E-state index is -0.242. The zero-order valence-electron chi connectivity index (χ0n) is 13.9. The summed E-state index contributed by atoms with van der Waals surface area (Å²) in [5.74, 6) is -0.143. The lowest BCUT2D eigenvalue weighted by molar-refractivity contribution is -0.119. The Morgan fingerprint density at radius 3 is 3.00 bits per heavy atom. The smallest absolute Gasteiger partial charge is 0.227 e. The van der Waals surface area contributed by atoms with Crippen molar-refractivity contribution in [3.8, 4) is 5.69 Å². The third-order valence-corrected chi connectivity index (χ3v) is 4.68. The molecule has 1 N–H and O–H groups in total. The summed E-state index contributed by atoms with van der Waals surface area (Å²) >= 11 is 6.30. The minimum absolute atomic E-state index is 0.143. The molecule has 1 aliphatic heterocycles. The fourth-order valence-electron chi connectivity index (χ4n) is 3.19. The number of fused-ring (bicyclic) bond motifs is 1. The molecule has 0 bridgehead atoms. The van der Waals surface area contributed by atoms with E-state index in [0.29, 0.717) is 23.0 Å². The van der Waals surface area contributed by atoms with Crippen molar-refractivity contribution >= 4 is 23.2 Å². The molecule has 26 heavy (non-hydrogen) atoms. The van der Waals surface area contributed by atoms with Crippen LogP contribution in [0.1, 0.15) is 23.7 Å². The molecule has 1 aliphatic rings. The van der Waals surface area contributed by atoms with E-state index in [-0.39, 0.29) is 18.4 Å². The van der Waals surface area contributed by atoms with Crippen molar-refractivity contribution < 1.29 is 9.53 Å². The number of halogens is 1. The van der Waals surface area contributed by atoms with Crippen molar-refractivity contribution in [2.75, 3.05) is 11.9 Å². The topological polar surface area (TPSA) is 69.0 Å². The number of hydrogen-bond donors (Lipinski definition) is 1. The number of anilines is 1. The van der Waals surface area contributed by atoms with Crippen LogP contribution < -0.4 is 5.32 Å². The van der Waals surface area contributed by atoms with Crippen molar-refractivity contribution in [2.45, 2.75) is 18.9 Å². The van der Waals surface area contributed by atoms with Gasteiger partial charge in [0.25, 0.3) is 0 Å². The van der Waals surface area contributed by atoms with Crippen molar-refractivity contribution in [3.63, 3.8) is 0 Å². The van der Waals surface area contributed by atoms with E-state index >= 15 is 0 Å². The van der Waals surface area contributed by atoms with E-state index in [9.17, 15) is 4.79 Å². The normalized spacial score (nSPS) is 16.1. The third kappa shape index (κ3) is 3.34. The Morgan fingerprint density at radius 1 is 1.27 bits per heavy atom. The summed E-state index contributed by atoms with van der Waals surface area (Å²) in [6.07, 6.45) is 3.83. The van der Waals surface area contributed by atoms with Crippen molar-refractivity contribution in [3.05, 3.63) is 71.3 Å². The molecule has 6 nitrogen and oxygen atoms in total. The van der Waals surface area contributed by atoms with Gasteiger partial charge in [-0.2, -0.15) is 5.10 Å². The number of carbonyl (C=O) groups excluding carboxylic acids is 1. The second-order valence-corrected chi connectivity index (χ2v) is 6.44. The van der Waals surface area contributed by atoms with Gasteiger partial charge in [-0.25, -0.2) is 9.67 Å². The Balaban J connectivity index is 1.55. The van der Waals surface area contributed by atoms with E-state index in [1.165, 1.54) is 22.9 Å². The average molecular weight is 369 g/mol. The standard InChI is InChI=1S/C19H17ClN4O2/c20-15-6-3-7-16(19(15)24-12-21-11-22-24)23-18(25)10-17-14-5-2-1-4-13(14)8-9-26-17/h1-7,11-12,17H,8-10H2,(H,23,25). The molecule has 0 saturated heterocycles. The SMILES string of the molecule is O=C(CC1OCCc2ccccc21)Nc1cccc(Cl)c1-n1cncn1. The molecule has 1 atom stereocenters. The van der Waals surface area contributed by atoms with Gasteiger partial charge in [-0.1, -0.05) is 41.9 Å². The molecule has 0 spiro atoms. The summed E-state index contributed by atoms with van der Waals surface area (Å²) in [6, 6.07) is 13.4. The first-order chi connectivity index (χ1) is 12.7. The van der Waals surface area contributed by atoms with Crippen LogP contribution in [-0.4, -0.2) is 27.3 Å². The summed E-state index contributed by atoms with van der Waals surface area (Å²) in [4.78, 5) is 16.6. The van der Waals surface area contributed by atoms with Gasteiger partial charge in [0, 0.05) is 0 Å². The highest BCUT2D eigenvalue weighted by atomic mass is 35.5. The van der Waals surface area contributed by atoms with Gasteiger partial charge in [0.15, 0.2) is 0 Å². The van der Waals surface area contributed by atoms with Crippen molar-refractivity contribution in [1.29, 1.82) is 0 Å². The Kier molecular flexibility index (Phi) is 4.69. The lowest BCUT2D eigenvalue weighted by atomic mass is 9.95. The van der Waals surface area contributed by atoms with E-state index < -0.39 is 0 Å². The number of aromatic nitrogens is 3. The molecule has 1 amide bonds. The summed E-state index contributed by atoms with van der Waals surface area (Å²) in [5.41, 5.74) is 3.49. The van der Waals surface area contributed by atoms with Gasteiger partial charge >= 0.3 is 0 Å². The van der Waals surface area contributed by atoms with Crippen molar-refractivity contribution in [2.24, 2.45) is 0 Å². The van der Waals surface area contributed by atoms with Crippen LogP contribution in [0.15, 0.2) is 55.1 Å². The maximum absolute atomic E-state index is 12.6. The van der Waals surface area contributed by atoms with Crippen LogP contribution in [0.2, 0.25) is 5.02 Å². The van der Waals surface area contributed by atoms with Crippen LogP contribution in [0.5, 0.6) is 0 Å². The van der Waals surface area contributed by atoms with E-state index in [1.54, 1.807) is 18.2 Å². The quantitative estimate of drug-likeness (QED) is 0.764. The summed E-state index contributed by atoms with van der Waals surface area (Å²) in [6.45, 7) is 0.621. The van der Waals surface area contributed by atoms with Gasteiger partial charge in [0.1, 0.15) is 18.3 Å². The number of carbonyl (C=O) groups is 1. The molecule has 1 aromatic heterocycles. The highest BCUT2D eigenvalue weighted by Gasteiger charge is 2.23. The largest absolute Gasteiger partial charge is 0.373 e. The summed E-state index contributed by atoms with van der Waals surface area (Å²) in [5, 5.41) is 7.51. The van der Waals surface area contributed by atoms with Crippen LogP contribution in [0, 0.1) is 0 Å². The molecule has 1 unspecified atom stereocenters. The number of nitrogens with one attached hydrogen (secondary N) is 1. The van der Waals surface area contributed by atoms with Crippen LogP contribution in [0.4, 0.5) is 5.69 Å². The molecule has 4 rings (SSSR count). The van der Waals surface area contributed by atoms with Gasteiger partial charge in [0.2, 0.25) is 5.91 Å². The maximum Gasteiger partial charge on any atom is 0.227 e. The molecule has 3 aromatic rings. The molecule has 2 heterocycles. The number of benzene rings is 2. The molecule has 0 saturated carbocycles. The second kappa shape index (κ2) is 7.27. The second-order valence-electron chi connectivity index (χ2n) is 6.04. The highest BCUT2D eigenvalue weighted by molar-refractivity contribution is 6.33. The number of amides is 1. The van der Waals surface area contributed by atoms with Gasteiger partial charge in [-0.05, 0) is 29.7 Å². The first-order valence-electron chi connectivity index (χ1n) is 8.35. The predicted octanol–water partition coefficient (Wildman–Crippen LogP) is 3.56. The fourth-order valence-corrected chi connectivity index (χ4v) is 3.45. The predicted molar refractivity (Wildman–Crippen MR) is 98.5 cm³/mol. The number of para-hydroxylation sites is 1. The molecular weight excluding hydrogens is 352 g/mol. The Morgan fingerprint density at radius 2 is 2.15 bits per heavy atom. The number of hydrogen-bond acceptors (Lipinski definition) is 4. The molecule has 132 valence electrons. The van der Waals surface area contributed by atoms with Gasteiger partial charge < -0.3 is 10.1 Å². The lowest BCUT2D eigenvalue weighted by Crippen LogP contribution is -2.22. The fraction of sp³-hybridized carbons (Fsp3) is 0.211. The Labute approximate surface area is 155 Å². The summed E-state index contributed by atoms with van der Waals surface area (Å²) in [7, 11) is 0. The summed E-state index contributed by atoms with van der Waals surface area (Å²) < 4.78 is 7.36. The zero-order valence-corrected chi connectivity index (χ0v) is 14.7. The van der Waals surface area contributed by atoms with E-state index in [2.05, 4.69) is 21.5 Å². The van der Waals surface area contributed by atoms with E-state index in [0.717, 1.165) is 12.0 Å². The molecule has 0 radical (unpaired) electrons. The lowest BCUT2D eigenvalue weighted by Gasteiger charge is -2.25. The third-order valence-electron chi connectivity index (χ3n) is 4.37. The number of ether oxygens (including phenoxy) is 1. The van der Waals surface area contributed by atoms with Crippen LogP contribution in [-0.2, 0) is 16.0 Å². The van der Waals surface area contributed by atoms with Crippen LogP contribution >= 0.6 is 11.6 Å². The van der Waals surface area contributed by atoms with Gasteiger partial charge in [0.05, 0.1) is 29.8 Å². The highest BCUT2D eigenvalue weighted by Crippen LogP contribution is 2.31. The average Bonchev–Trinajstić information content (AvgIpc) is 3.16. The van der Waals surface area contributed by atoms with Gasteiger partial charge in [-0.15, -0.1) is 0 Å². The monoisotopic (exact) mass is 368 g/mol. The molecule has 0 fully saturated rings. The minimum Gasteiger partial charge on any atom is -0.373 e. The van der Waals surface area contributed by atoms with Gasteiger partial charge in [-0.3, -0.25) is 4.79 Å².